The highest BCUT2D eigenvalue weighted by Gasteiger charge is 2.46. The first kappa shape index (κ1) is 15.6. The molecule has 2 unspecified atom stereocenters. The Kier molecular flexibility index (Phi) is 5.02. The van der Waals surface area contributed by atoms with Gasteiger partial charge in [0.2, 0.25) is 0 Å². The van der Waals surface area contributed by atoms with Gasteiger partial charge in [0.15, 0.2) is 0 Å². The molecular weight excluding hydrogens is 251 g/mol. The Hall–Kier alpha value is -1.47. The molecule has 2 atom stereocenters. The van der Waals surface area contributed by atoms with Gasteiger partial charge in [-0.15, -0.1) is 0 Å². The third-order valence-electron chi connectivity index (χ3n) is 3.23. The minimum atomic E-state index is -1.06. The molecule has 0 aromatic carbocycles. The predicted octanol–water partition coefficient (Wildman–Crippen LogP) is 0.641. The van der Waals surface area contributed by atoms with Crippen molar-refractivity contribution >= 4 is 0 Å². The highest BCUT2D eigenvalue weighted by molar-refractivity contribution is 5.35. The van der Waals surface area contributed by atoms with E-state index in [1.54, 1.807) is 0 Å². The second-order valence-electron chi connectivity index (χ2n) is 4.97. The zero-order chi connectivity index (χ0) is 14.6. The van der Waals surface area contributed by atoms with E-state index in [1.807, 2.05) is 25.9 Å². The van der Waals surface area contributed by atoms with Gasteiger partial charge in [-0.3, -0.25) is 10.1 Å². The van der Waals surface area contributed by atoms with E-state index in [9.17, 15) is 14.5 Å². The molecule has 0 aromatic rings. The minimum Gasteiger partial charge on any atom is -0.396 e. The first-order valence-corrected chi connectivity index (χ1v) is 6.21. The number of hydrogen-bond donors (Lipinski definition) is 2. The summed E-state index contributed by atoms with van der Waals surface area (Å²) in [7, 11) is 3.74. The van der Waals surface area contributed by atoms with Gasteiger partial charge in [-0.1, -0.05) is 6.92 Å². The van der Waals surface area contributed by atoms with E-state index in [1.165, 1.54) is 12.2 Å². The molecule has 1 aliphatic rings. The van der Waals surface area contributed by atoms with Crippen LogP contribution in [0.1, 0.15) is 13.3 Å². The van der Waals surface area contributed by atoms with E-state index >= 15 is 0 Å². The molecule has 1 rings (SSSR count). The highest BCUT2D eigenvalue weighted by atomic mass is 19.1. The lowest BCUT2D eigenvalue weighted by Crippen LogP contribution is -2.58. The number of nitro groups is 1. The number of rotatable bonds is 6. The van der Waals surface area contributed by atoms with Crippen molar-refractivity contribution in [1.29, 1.82) is 0 Å². The maximum atomic E-state index is 13.7. The maximum absolute atomic E-state index is 13.7. The Morgan fingerprint density at radius 3 is 2.74 bits per heavy atom. The van der Waals surface area contributed by atoms with Crippen LogP contribution in [0, 0.1) is 10.1 Å². The average molecular weight is 272 g/mol. The molecule has 3 N–H and O–H groups in total. The largest absolute Gasteiger partial charge is 0.396 e. The predicted molar refractivity (Wildman–Crippen MR) is 71.8 cm³/mol. The fourth-order valence-electron chi connectivity index (χ4n) is 2.24. The van der Waals surface area contributed by atoms with Crippen LogP contribution in [0.15, 0.2) is 23.7 Å². The summed E-state index contributed by atoms with van der Waals surface area (Å²) < 4.78 is 13.7. The number of nitrogens with two attached hydrogens (primary N) is 1. The molecular formula is C12H21FN4O2. The van der Waals surface area contributed by atoms with E-state index < -0.39 is 22.3 Å². The molecule has 108 valence electrons. The number of allylic oxidation sites excluding steroid dienone is 1. The van der Waals surface area contributed by atoms with Gasteiger partial charge >= 0.3 is 0 Å². The summed E-state index contributed by atoms with van der Waals surface area (Å²) in [4.78, 5) is 12.7. The normalized spacial score (nSPS) is 27.1. The SMILES string of the molecule is CCNC1(CCN(C)C)C=C(F)C(N)=CC1[N+](=O)[O-]. The van der Waals surface area contributed by atoms with Crippen molar-refractivity contribution in [3.05, 3.63) is 33.8 Å². The first-order chi connectivity index (χ1) is 8.82. The Morgan fingerprint density at radius 1 is 1.63 bits per heavy atom. The summed E-state index contributed by atoms with van der Waals surface area (Å²) in [5, 5.41) is 14.3. The van der Waals surface area contributed by atoms with Gasteiger partial charge in [-0.05, 0) is 39.7 Å². The number of hydrogen-bond acceptors (Lipinski definition) is 5. The van der Waals surface area contributed by atoms with Gasteiger partial charge in [0.1, 0.15) is 11.4 Å². The summed E-state index contributed by atoms with van der Waals surface area (Å²) >= 11 is 0. The average Bonchev–Trinajstić information content (AvgIpc) is 2.31. The van der Waals surface area contributed by atoms with Gasteiger partial charge in [0, 0.05) is 11.0 Å². The first-order valence-electron chi connectivity index (χ1n) is 6.21. The third-order valence-corrected chi connectivity index (χ3v) is 3.23. The van der Waals surface area contributed by atoms with Gasteiger partial charge in [-0.2, -0.15) is 0 Å². The van der Waals surface area contributed by atoms with Crippen LogP contribution in [0.2, 0.25) is 0 Å². The van der Waals surface area contributed by atoms with Gasteiger partial charge in [-0.25, -0.2) is 4.39 Å². The topological polar surface area (TPSA) is 84.4 Å². The number of nitrogens with one attached hydrogen (secondary N) is 1. The zero-order valence-corrected chi connectivity index (χ0v) is 11.5. The molecule has 19 heavy (non-hydrogen) atoms. The lowest BCUT2D eigenvalue weighted by atomic mass is 9.82. The smallest absolute Gasteiger partial charge is 0.255 e. The molecule has 7 heteroatoms. The molecule has 1 aliphatic carbocycles. The summed E-state index contributed by atoms with van der Waals surface area (Å²) in [6, 6.07) is -1.06. The van der Waals surface area contributed by atoms with Crippen LogP contribution >= 0.6 is 0 Å². The number of likely N-dealkylation sites (N-methyl/N-ethyl adjacent to an activating group) is 1. The van der Waals surface area contributed by atoms with Gasteiger partial charge < -0.3 is 16.0 Å². The van der Waals surface area contributed by atoms with E-state index in [4.69, 9.17) is 5.73 Å². The fourth-order valence-corrected chi connectivity index (χ4v) is 2.24. The van der Waals surface area contributed by atoms with Crippen LogP contribution in [0.5, 0.6) is 0 Å². The second-order valence-corrected chi connectivity index (χ2v) is 4.97. The Bertz CT molecular complexity index is 409. The lowest BCUT2D eigenvalue weighted by Gasteiger charge is -2.35. The van der Waals surface area contributed by atoms with Crippen LogP contribution < -0.4 is 11.1 Å². The molecule has 0 heterocycles. The van der Waals surface area contributed by atoms with Crippen molar-refractivity contribution in [2.24, 2.45) is 5.73 Å². The van der Waals surface area contributed by atoms with Crippen LogP contribution in [-0.2, 0) is 0 Å². The molecule has 0 bridgehead atoms. The monoisotopic (exact) mass is 272 g/mol. The second kappa shape index (κ2) is 6.12. The summed E-state index contributed by atoms with van der Waals surface area (Å²) in [6.07, 6.45) is 2.87. The molecule has 0 fully saturated rings. The lowest BCUT2D eigenvalue weighted by molar-refractivity contribution is -0.519. The van der Waals surface area contributed by atoms with Crippen molar-refractivity contribution < 1.29 is 9.31 Å². The van der Waals surface area contributed by atoms with Crippen molar-refractivity contribution in [3.63, 3.8) is 0 Å². The molecule has 0 spiro atoms. The Labute approximate surface area is 112 Å². The van der Waals surface area contributed by atoms with Crippen LogP contribution in [0.4, 0.5) is 4.39 Å². The maximum Gasteiger partial charge on any atom is 0.255 e. The molecule has 0 aliphatic heterocycles. The molecule has 0 amide bonds. The van der Waals surface area contributed by atoms with Gasteiger partial charge in [0.05, 0.1) is 5.70 Å². The van der Waals surface area contributed by atoms with E-state index in [0.717, 1.165) is 0 Å². The number of nitrogens with zero attached hydrogens (tertiary/aromatic N) is 2. The summed E-state index contributed by atoms with van der Waals surface area (Å²) in [6.45, 7) is 2.95. The Balaban J connectivity index is 3.13. The molecule has 0 saturated carbocycles. The van der Waals surface area contributed by atoms with Crippen molar-refractivity contribution in [2.45, 2.75) is 24.9 Å². The molecule has 0 saturated heterocycles. The third kappa shape index (κ3) is 3.51. The summed E-state index contributed by atoms with van der Waals surface area (Å²) in [5.74, 6) is -0.599. The van der Waals surface area contributed by atoms with Crippen molar-refractivity contribution in [3.8, 4) is 0 Å². The Morgan fingerprint density at radius 2 is 2.26 bits per heavy atom. The quantitative estimate of drug-likeness (QED) is 0.547. The minimum absolute atomic E-state index is 0.167. The summed E-state index contributed by atoms with van der Waals surface area (Å²) in [5.41, 5.74) is 4.26. The van der Waals surface area contributed by atoms with Crippen LogP contribution in [0.25, 0.3) is 0 Å². The van der Waals surface area contributed by atoms with Gasteiger partial charge in [0.25, 0.3) is 6.04 Å². The zero-order valence-electron chi connectivity index (χ0n) is 11.5. The molecule has 6 nitrogen and oxygen atoms in total. The van der Waals surface area contributed by atoms with Crippen molar-refractivity contribution in [1.82, 2.24) is 10.2 Å². The molecule has 0 radical (unpaired) electrons. The van der Waals surface area contributed by atoms with E-state index in [0.29, 0.717) is 19.5 Å². The van der Waals surface area contributed by atoms with Crippen LogP contribution in [-0.4, -0.2) is 48.6 Å². The van der Waals surface area contributed by atoms with E-state index in [2.05, 4.69) is 5.32 Å². The standard InChI is InChI=1S/C12H21FN4O2/c1-4-15-12(5-6-16(2)3)8-9(13)10(14)7-11(12)17(18)19/h7-8,11,15H,4-6,14H2,1-3H3. The van der Waals surface area contributed by atoms with Crippen molar-refractivity contribution in [2.75, 3.05) is 27.2 Å². The number of halogens is 1. The molecule has 0 aromatic heterocycles. The van der Waals surface area contributed by atoms with E-state index in [-0.39, 0.29) is 5.70 Å². The fraction of sp³-hybridized carbons (Fsp3) is 0.667. The van der Waals surface area contributed by atoms with Crippen LogP contribution in [0.3, 0.4) is 0 Å². The highest BCUT2D eigenvalue weighted by Crippen LogP contribution is 2.30.